The lowest BCUT2D eigenvalue weighted by Crippen LogP contribution is -2.10. The molecule has 3 rings (SSSR count). The fourth-order valence-electron chi connectivity index (χ4n) is 1.98. The number of benzene rings is 1. The first-order valence-electron chi connectivity index (χ1n) is 6.15. The summed E-state index contributed by atoms with van der Waals surface area (Å²) in [4.78, 5) is 8.81. The normalized spacial score (nSPS) is 12.6. The molecule has 0 spiro atoms. The van der Waals surface area contributed by atoms with Crippen LogP contribution in [0.4, 0.5) is 5.82 Å². The number of hydrazine groups is 1. The Bertz CT molecular complexity index is 641. The van der Waals surface area contributed by atoms with Crippen LogP contribution in [0, 0.1) is 0 Å². The van der Waals surface area contributed by atoms with E-state index in [4.69, 9.17) is 26.9 Å². The van der Waals surface area contributed by atoms with Gasteiger partial charge in [0.25, 0.3) is 0 Å². The highest BCUT2D eigenvalue weighted by Crippen LogP contribution is 2.41. The number of rotatable bonds is 3. The maximum absolute atomic E-state index is 6.17. The fourth-order valence-corrected chi connectivity index (χ4v) is 2.24. The lowest BCUT2D eigenvalue weighted by Gasteiger charge is -2.08. The molecule has 0 saturated heterocycles. The highest BCUT2D eigenvalue weighted by Gasteiger charge is 2.20. The van der Waals surface area contributed by atoms with Crippen LogP contribution in [-0.2, 0) is 6.42 Å². The van der Waals surface area contributed by atoms with Crippen LogP contribution in [0.1, 0.15) is 12.6 Å². The number of nitrogens with one attached hydrogen (secondary N) is 1. The van der Waals surface area contributed by atoms with Gasteiger partial charge in [-0.1, -0.05) is 18.5 Å². The molecule has 1 aliphatic rings. The minimum absolute atomic E-state index is 0.171. The van der Waals surface area contributed by atoms with E-state index in [-0.39, 0.29) is 6.79 Å². The number of aromatic nitrogens is 2. The number of nitrogen functional groups attached to an aromatic ring is 1. The summed E-state index contributed by atoms with van der Waals surface area (Å²) in [6, 6.07) is 5.37. The van der Waals surface area contributed by atoms with Crippen LogP contribution in [0.3, 0.4) is 0 Å². The summed E-state index contributed by atoms with van der Waals surface area (Å²) >= 11 is 6.17. The van der Waals surface area contributed by atoms with Gasteiger partial charge in [-0.25, -0.2) is 15.8 Å². The highest BCUT2D eigenvalue weighted by molar-refractivity contribution is 6.32. The summed E-state index contributed by atoms with van der Waals surface area (Å²) in [6.07, 6.45) is 0.780. The second kappa shape index (κ2) is 5.15. The zero-order valence-electron chi connectivity index (χ0n) is 10.8. The van der Waals surface area contributed by atoms with Crippen molar-refractivity contribution in [2.24, 2.45) is 5.84 Å². The van der Waals surface area contributed by atoms with E-state index in [0.29, 0.717) is 28.2 Å². The molecular formula is C13H13ClN4O2. The first-order chi connectivity index (χ1) is 9.71. The Morgan fingerprint density at radius 1 is 1.30 bits per heavy atom. The van der Waals surface area contributed by atoms with Gasteiger partial charge in [-0.05, 0) is 18.6 Å². The van der Waals surface area contributed by atoms with Crippen LogP contribution in [-0.4, -0.2) is 16.8 Å². The van der Waals surface area contributed by atoms with Gasteiger partial charge in [-0.3, -0.25) is 0 Å². The van der Waals surface area contributed by atoms with E-state index in [2.05, 4.69) is 15.4 Å². The quantitative estimate of drug-likeness (QED) is 0.667. The summed E-state index contributed by atoms with van der Waals surface area (Å²) < 4.78 is 10.6. The van der Waals surface area contributed by atoms with Crippen LogP contribution in [0.25, 0.3) is 11.4 Å². The van der Waals surface area contributed by atoms with E-state index >= 15 is 0 Å². The van der Waals surface area contributed by atoms with Gasteiger partial charge in [0.05, 0.1) is 5.02 Å². The summed E-state index contributed by atoms with van der Waals surface area (Å²) in [7, 11) is 0. The van der Waals surface area contributed by atoms with Crippen LogP contribution >= 0.6 is 11.6 Å². The van der Waals surface area contributed by atoms with Crippen molar-refractivity contribution in [1.82, 2.24) is 9.97 Å². The molecule has 0 unspecified atom stereocenters. The number of aryl methyl sites for hydroxylation is 1. The standard InChI is InChI=1S/C13H13ClN4O2/c1-2-8-5-11(18-15)17-13(16-8)7-3-9(14)12-10(4-7)19-6-20-12/h3-5H,2,6,15H2,1H3,(H,16,17,18). The average Bonchev–Trinajstić information content (AvgIpc) is 2.95. The molecule has 2 aromatic rings. The molecule has 0 fully saturated rings. The molecule has 104 valence electrons. The third-order valence-electron chi connectivity index (χ3n) is 2.97. The van der Waals surface area contributed by atoms with Crippen LogP contribution in [0.5, 0.6) is 11.5 Å². The minimum Gasteiger partial charge on any atom is -0.454 e. The Kier molecular flexibility index (Phi) is 3.33. The van der Waals surface area contributed by atoms with Gasteiger partial charge in [0.1, 0.15) is 5.82 Å². The predicted molar refractivity (Wildman–Crippen MR) is 75.8 cm³/mol. The minimum atomic E-state index is 0.171. The highest BCUT2D eigenvalue weighted by atomic mass is 35.5. The van der Waals surface area contributed by atoms with Crippen molar-refractivity contribution in [3.8, 4) is 22.9 Å². The number of halogens is 1. The van der Waals surface area contributed by atoms with Gasteiger partial charge < -0.3 is 14.9 Å². The monoisotopic (exact) mass is 292 g/mol. The first-order valence-corrected chi connectivity index (χ1v) is 6.53. The maximum atomic E-state index is 6.17. The van der Waals surface area contributed by atoms with Crippen LogP contribution in [0.2, 0.25) is 5.02 Å². The maximum Gasteiger partial charge on any atom is 0.231 e. The Balaban J connectivity index is 2.11. The Morgan fingerprint density at radius 2 is 2.15 bits per heavy atom. The number of ether oxygens (including phenoxy) is 2. The molecule has 0 aliphatic carbocycles. The molecule has 1 aromatic carbocycles. The average molecular weight is 293 g/mol. The second-order valence-corrected chi connectivity index (χ2v) is 4.67. The molecule has 0 radical (unpaired) electrons. The Labute approximate surface area is 120 Å². The predicted octanol–water partition coefficient (Wildman–Crippen LogP) is 2.37. The van der Waals surface area contributed by atoms with Crippen LogP contribution < -0.4 is 20.7 Å². The number of anilines is 1. The van der Waals surface area contributed by atoms with Crippen LogP contribution in [0.15, 0.2) is 18.2 Å². The van der Waals surface area contributed by atoms with Crippen molar-refractivity contribution < 1.29 is 9.47 Å². The van der Waals surface area contributed by atoms with Crippen molar-refractivity contribution in [2.75, 3.05) is 12.2 Å². The fraction of sp³-hybridized carbons (Fsp3) is 0.231. The molecule has 0 atom stereocenters. The SMILES string of the molecule is CCc1cc(NN)nc(-c2cc(Cl)c3c(c2)OCO3)n1. The summed E-state index contributed by atoms with van der Waals surface area (Å²) in [6.45, 7) is 2.18. The molecule has 0 bridgehead atoms. The molecule has 6 nitrogen and oxygen atoms in total. The molecule has 20 heavy (non-hydrogen) atoms. The molecular weight excluding hydrogens is 280 g/mol. The number of hydrogen-bond donors (Lipinski definition) is 2. The molecule has 2 heterocycles. The number of nitrogens with two attached hydrogens (primary N) is 1. The summed E-state index contributed by atoms with van der Waals surface area (Å²) in [5.41, 5.74) is 4.18. The van der Waals surface area contributed by atoms with E-state index in [1.165, 1.54) is 0 Å². The van der Waals surface area contributed by atoms with Crippen molar-refractivity contribution in [3.05, 3.63) is 28.9 Å². The van der Waals surface area contributed by atoms with Gasteiger partial charge >= 0.3 is 0 Å². The van der Waals surface area contributed by atoms with E-state index in [1.807, 2.05) is 13.0 Å². The molecule has 0 saturated carbocycles. The smallest absolute Gasteiger partial charge is 0.231 e. The molecule has 7 heteroatoms. The number of fused-ring (bicyclic) bond motifs is 1. The third kappa shape index (κ3) is 2.23. The topological polar surface area (TPSA) is 82.3 Å². The van der Waals surface area contributed by atoms with Gasteiger partial charge in [0, 0.05) is 17.3 Å². The van der Waals surface area contributed by atoms with E-state index in [0.717, 1.165) is 17.7 Å². The molecule has 3 N–H and O–H groups in total. The van der Waals surface area contributed by atoms with E-state index in [9.17, 15) is 0 Å². The van der Waals surface area contributed by atoms with Gasteiger partial charge in [-0.15, -0.1) is 0 Å². The van der Waals surface area contributed by atoms with E-state index < -0.39 is 0 Å². The van der Waals surface area contributed by atoms with Crippen molar-refractivity contribution in [1.29, 1.82) is 0 Å². The van der Waals surface area contributed by atoms with Crippen molar-refractivity contribution >= 4 is 17.4 Å². The largest absolute Gasteiger partial charge is 0.454 e. The zero-order chi connectivity index (χ0) is 14.1. The van der Waals surface area contributed by atoms with Crippen molar-refractivity contribution in [2.45, 2.75) is 13.3 Å². The number of hydrogen-bond acceptors (Lipinski definition) is 6. The lowest BCUT2D eigenvalue weighted by molar-refractivity contribution is 0.174. The first kappa shape index (κ1) is 13.0. The molecule has 1 aliphatic heterocycles. The second-order valence-electron chi connectivity index (χ2n) is 4.26. The summed E-state index contributed by atoms with van der Waals surface area (Å²) in [5.74, 6) is 7.68. The van der Waals surface area contributed by atoms with E-state index in [1.54, 1.807) is 12.1 Å². The zero-order valence-corrected chi connectivity index (χ0v) is 11.6. The number of nitrogens with zero attached hydrogens (tertiary/aromatic N) is 2. The molecule has 1 aromatic heterocycles. The summed E-state index contributed by atoms with van der Waals surface area (Å²) in [5, 5.41) is 0.475. The van der Waals surface area contributed by atoms with Gasteiger partial charge in [0.2, 0.25) is 6.79 Å². The Morgan fingerprint density at radius 3 is 2.90 bits per heavy atom. The van der Waals surface area contributed by atoms with Gasteiger partial charge in [-0.2, -0.15) is 0 Å². The van der Waals surface area contributed by atoms with Gasteiger partial charge in [0.15, 0.2) is 17.3 Å². The van der Waals surface area contributed by atoms with Crippen molar-refractivity contribution in [3.63, 3.8) is 0 Å². The Hall–Kier alpha value is -2.05. The third-order valence-corrected chi connectivity index (χ3v) is 3.26. The lowest BCUT2D eigenvalue weighted by atomic mass is 10.1. The molecule has 0 amide bonds.